The first-order valence-corrected chi connectivity index (χ1v) is 9.22. The highest BCUT2D eigenvalue weighted by Crippen LogP contribution is 2.23. The summed E-state index contributed by atoms with van der Waals surface area (Å²) in [5.74, 6) is -0.737. The Balaban J connectivity index is 1.78. The zero-order chi connectivity index (χ0) is 19.4. The largest absolute Gasteiger partial charge is 0.461 e. The van der Waals surface area contributed by atoms with Crippen molar-refractivity contribution in [2.45, 2.75) is 27.3 Å². The molecule has 140 valence electrons. The third-order valence-electron chi connectivity index (χ3n) is 3.83. The Morgan fingerprint density at radius 1 is 1.22 bits per heavy atom. The number of nitrogens with zero attached hydrogens (tertiary/aromatic N) is 4. The number of rotatable bonds is 6. The van der Waals surface area contributed by atoms with Gasteiger partial charge < -0.3 is 10.1 Å². The molecule has 0 saturated heterocycles. The predicted octanol–water partition coefficient (Wildman–Crippen LogP) is 2.45. The van der Waals surface area contributed by atoms with Crippen LogP contribution in [0.2, 0.25) is 0 Å². The fourth-order valence-electron chi connectivity index (χ4n) is 2.44. The van der Waals surface area contributed by atoms with Crippen molar-refractivity contribution >= 4 is 23.2 Å². The molecule has 0 aliphatic carbocycles. The summed E-state index contributed by atoms with van der Waals surface area (Å²) in [5.41, 5.74) is 2.26. The number of amides is 1. The van der Waals surface area contributed by atoms with Gasteiger partial charge in [0.05, 0.1) is 18.0 Å². The minimum Gasteiger partial charge on any atom is -0.461 e. The summed E-state index contributed by atoms with van der Waals surface area (Å²) < 4.78 is 6.41. The van der Waals surface area contributed by atoms with Crippen LogP contribution in [0.15, 0.2) is 30.3 Å². The number of thiazole rings is 1. The van der Waals surface area contributed by atoms with E-state index in [1.54, 1.807) is 20.8 Å². The third kappa shape index (κ3) is 4.03. The molecule has 0 spiro atoms. The number of aromatic nitrogens is 4. The van der Waals surface area contributed by atoms with Crippen LogP contribution in [-0.2, 0) is 11.3 Å². The molecular weight excluding hydrogens is 366 g/mol. The number of carbonyl (C=O) groups excluding carboxylic acids is 2. The van der Waals surface area contributed by atoms with Crippen molar-refractivity contribution in [2.75, 3.05) is 6.61 Å². The average Bonchev–Trinajstić information content (AvgIpc) is 3.23. The summed E-state index contributed by atoms with van der Waals surface area (Å²) in [5, 5.41) is 11.2. The van der Waals surface area contributed by atoms with Crippen molar-refractivity contribution in [2.24, 2.45) is 0 Å². The molecular formula is C18H19N5O3S. The standard InChI is InChI=1S/C18H19N5O3S/c1-4-26-17(25)14-12(3)23(22-21-14)18-20-11(2)15(27-18)16(24)19-10-13-8-6-5-7-9-13/h5-9H,4,10H2,1-3H3,(H,19,24). The van der Waals surface area contributed by atoms with Gasteiger partial charge in [0.25, 0.3) is 5.91 Å². The quantitative estimate of drug-likeness (QED) is 0.655. The van der Waals surface area contributed by atoms with Gasteiger partial charge in [-0.3, -0.25) is 4.79 Å². The summed E-state index contributed by atoms with van der Waals surface area (Å²) >= 11 is 1.19. The molecule has 27 heavy (non-hydrogen) atoms. The molecule has 1 aromatic carbocycles. The van der Waals surface area contributed by atoms with Gasteiger partial charge in [-0.2, -0.15) is 4.68 Å². The van der Waals surface area contributed by atoms with Crippen LogP contribution in [0.1, 0.15) is 44.0 Å². The van der Waals surface area contributed by atoms with Gasteiger partial charge >= 0.3 is 5.97 Å². The van der Waals surface area contributed by atoms with E-state index in [4.69, 9.17) is 4.74 Å². The zero-order valence-corrected chi connectivity index (χ0v) is 16.0. The Hall–Kier alpha value is -3.07. The first-order valence-electron chi connectivity index (χ1n) is 8.40. The number of ether oxygens (including phenoxy) is 1. The maximum atomic E-state index is 12.5. The molecule has 0 unspecified atom stereocenters. The van der Waals surface area contributed by atoms with Crippen LogP contribution in [0.3, 0.4) is 0 Å². The van der Waals surface area contributed by atoms with E-state index in [2.05, 4.69) is 20.6 Å². The topological polar surface area (TPSA) is 99.0 Å². The van der Waals surface area contributed by atoms with E-state index in [1.807, 2.05) is 30.3 Å². The van der Waals surface area contributed by atoms with E-state index in [1.165, 1.54) is 16.0 Å². The molecule has 0 aliphatic rings. The van der Waals surface area contributed by atoms with Crippen LogP contribution in [-0.4, -0.2) is 38.5 Å². The lowest BCUT2D eigenvalue weighted by Gasteiger charge is -2.03. The number of hydrogen-bond donors (Lipinski definition) is 1. The van der Waals surface area contributed by atoms with Gasteiger partial charge in [-0.15, -0.1) is 5.10 Å². The first kappa shape index (κ1) is 18.7. The lowest BCUT2D eigenvalue weighted by molar-refractivity contribution is 0.0518. The Morgan fingerprint density at radius 2 is 1.96 bits per heavy atom. The summed E-state index contributed by atoms with van der Waals surface area (Å²) in [6.45, 7) is 5.88. The van der Waals surface area contributed by atoms with Crippen LogP contribution < -0.4 is 5.32 Å². The molecule has 1 amide bonds. The first-order chi connectivity index (χ1) is 13.0. The van der Waals surface area contributed by atoms with Gasteiger partial charge in [0.2, 0.25) is 5.13 Å². The molecule has 1 N–H and O–H groups in total. The number of carbonyl (C=O) groups is 2. The average molecular weight is 385 g/mol. The van der Waals surface area contributed by atoms with E-state index < -0.39 is 5.97 Å². The summed E-state index contributed by atoms with van der Waals surface area (Å²) in [6.07, 6.45) is 0. The highest BCUT2D eigenvalue weighted by Gasteiger charge is 2.22. The van der Waals surface area contributed by atoms with Crippen LogP contribution >= 0.6 is 11.3 Å². The Bertz CT molecular complexity index is 965. The third-order valence-corrected chi connectivity index (χ3v) is 4.96. The number of aryl methyl sites for hydroxylation is 1. The lowest BCUT2D eigenvalue weighted by Crippen LogP contribution is -2.22. The zero-order valence-electron chi connectivity index (χ0n) is 15.2. The molecule has 0 radical (unpaired) electrons. The maximum Gasteiger partial charge on any atom is 0.360 e. The molecule has 3 aromatic rings. The van der Waals surface area contributed by atoms with E-state index >= 15 is 0 Å². The van der Waals surface area contributed by atoms with Gasteiger partial charge in [0, 0.05) is 6.54 Å². The predicted molar refractivity (Wildman–Crippen MR) is 100 cm³/mol. The van der Waals surface area contributed by atoms with Gasteiger partial charge in [-0.1, -0.05) is 46.9 Å². The van der Waals surface area contributed by atoms with Crippen molar-refractivity contribution in [1.82, 2.24) is 25.3 Å². The number of benzene rings is 1. The fourth-order valence-corrected chi connectivity index (χ4v) is 3.42. The molecule has 2 aromatic heterocycles. The van der Waals surface area contributed by atoms with Crippen molar-refractivity contribution in [3.05, 3.63) is 57.9 Å². The van der Waals surface area contributed by atoms with E-state index in [9.17, 15) is 9.59 Å². The number of nitrogens with one attached hydrogen (secondary N) is 1. The summed E-state index contributed by atoms with van der Waals surface area (Å²) in [4.78, 5) is 29.3. The number of hydrogen-bond acceptors (Lipinski definition) is 7. The van der Waals surface area contributed by atoms with Crippen LogP contribution in [0.25, 0.3) is 5.13 Å². The normalized spacial score (nSPS) is 10.6. The van der Waals surface area contributed by atoms with E-state index in [-0.39, 0.29) is 18.2 Å². The second-order valence-corrected chi connectivity index (χ2v) is 6.71. The molecule has 0 atom stereocenters. The molecule has 0 fully saturated rings. The highest BCUT2D eigenvalue weighted by molar-refractivity contribution is 7.16. The molecule has 2 heterocycles. The van der Waals surface area contributed by atoms with Crippen molar-refractivity contribution in [3.8, 4) is 5.13 Å². The Kier molecular flexibility index (Phi) is 5.60. The lowest BCUT2D eigenvalue weighted by atomic mass is 10.2. The maximum absolute atomic E-state index is 12.5. The fraction of sp³-hybridized carbons (Fsp3) is 0.278. The second-order valence-electron chi connectivity index (χ2n) is 5.73. The van der Waals surface area contributed by atoms with Crippen molar-refractivity contribution < 1.29 is 14.3 Å². The SMILES string of the molecule is CCOC(=O)c1nnn(-c2nc(C)c(C(=O)NCc3ccccc3)s2)c1C. The van der Waals surface area contributed by atoms with Gasteiger partial charge in [0.1, 0.15) is 4.88 Å². The van der Waals surface area contributed by atoms with Crippen molar-refractivity contribution in [3.63, 3.8) is 0 Å². The van der Waals surface area contributed by atoms with Gasteiger partial charge in [-0.05, 0) is 26.3 Å². The number of esters is 1. The Morgan fingerprint density at radius 3 is 2.67 bits per heavy atom. The summed E-state index contributed by atoms with van der Waals surface area (Å²) in [7, 11) is 0. The van der Waals surface area contributed by atoms with Crippen LogP contribution in [0.4, 0.5) is 0 Å². The van der Waals surface area contributed by atoms with E-state index in [0.717, 1.165) is 5.56 Å². The molecule has 0 bridgehead atoms. The van der Waals surface area contributed by atoms with Gasteiger partial charge in [-0.25, -0.2) is 9.78 Å². The monoisotopic (exact) mass is 385 g/mol. The van der Waals surface area contributed by atoms with Crippen molar-refractivity contribution in [1.29, 1.82) is 0 Å². The van der Waals surface area contributed by atoms with Crippen LogP contribution in [0.5, 0.6) is 0 Å². The summed E-state index contributed by atoms with van der Waals surface area (Å²) in [6, 6.07) is 9.66. The molecule has 9 heteroatoms. The minimum absolute atomic E-state index is 0.139. The minimum atomic E-state index is -0.532. The molecule has 3 rings (SSSR count). The smallest absolute Gasteiger partial charge is 0.360 e. The Labute approximate surface area is 160 Å². The van der Waals surface area contributed by atoms with E-state index in [0.29, 0.717) is 27.9 Å². The highest BCUT2D eigenvalue weighted by atomic mass is 32.1. The van der Waals surface area contributed by atoms with Gasteiger partial charge in [0.15, 0.2) is 5.69 Å². The molecule has 8 nitrogen and oxygen atoms in total. The van der Waals surface area contributed by atoms with Crippen LogP contribution in [0, 0.1) is 13.8 Å². The molecule has 0 saturated carbocycles. The molecule has 0 aliphatic heterocycles. The second kappa shape index (κ2) is 8.09.